The maximum absolute atomic E-state index is 14.6. The second-order valence-corrected chi connectivity index (χ2v) is 24.1. The third kappa shape index (κ3) is 8.48. The molecule has 10 rings (SSSR count). The van der Waals surface area contributed by atoms with E-state index in [4.69, 9.17) is 0 Å². The van der Waals surface area contributed by atoms with E-state index >= 15 is 0 Å². The molecule has 6 aliphatic rings. The number of rotatable bonds is 9. The quantitative estimate of drug-likeness (QED) is 0.165. The van der Waals surface area contributed by atoms with Crippen molar-refractivity contribution in [3.05, 3.63) is 165 Å². The van der Waals surface area contributed by atoms with Gasteiger partial charge in [-0.25, -0.2) is 0 Å². The van der Waals surface area contributed by atoms with E-state index in [1.807, 2.05) is 36.4 Å². The average Bonchev–Trinajstić information content (AvgIpc) is 3.27. The number of benzene rings is 4. The van der Waals surface area contributed by atoms with E-state index in [1.54, 1.807) is 0 Å². The molecule has 2 aliphatic heterocycles. The van der Waals surface area contributed by atoms with Gasteiger partial charge >= 0.3 is 0 Å². The number of nitrogens with zero attached hydrogens (tertiary/aromatic N) is 3. The normalized spacial score (nSPS) is 22.2. The van der Waals surface area contributed by atoms with Crippen LogP contribution in [0.1, 0.15) is 149 Å². The molecular formula is C62H69N3O4. The first-order valence-corrected chi connectivity index (χ1v) is 25.5. The van der Waals surface area contributed by atoms with Crippen molar-refractivity contribution >= 4 is 45.9 Å². The number of hydrogen-bond donors (Lipinski definition) is 0. The van der Waals surface area contributed by atoms with Crippen LogP contribution in [0.3, 0.4) is 0 Å². The molecule has 0 saturated heterocycles. The van der Waals surface area contributed by atoms with Crippen molar-refractivity contribution in [2.24, 2.45) is 21.7 Å². The van der Waals surface area contributed by atoms with Crippen LogP contribution in [0.5, 0.6) is 0 Å². The van der Waals surface area contributed by atoms with Crippen LogP contribution in [0.15, 0.2) is 154 Å². The number of unbranched alkanes of at least 4 members (excludes halogenated alkanes) is 1. The molecule has 0 unspecified atom stereocenters. The van der Waals surface area contributed by atoms with E-state index in [1.165, 1.54) is 0 Å². The van der Waals surface area contributed by atoms with Crippen LogP contribution >= 0.6 is 0 Å². The first-order chi connectivity index (χ1) is 32.8. The fourth-order valence-corrected chi connectivity index (χ4v) is 12.8. The third-order valence-electron chi connectivity index (χ3n) is 15.7. The number of carbonyl (C=O) groups is 4. The molecule has 0 spiro atoms. The number of hydrogen-bond acceptors (Lipinski definition) is 7. The van der Waals surface area contributed by atoms with Crippen molar-refractivity contribution in [1.29, 1.82) is 0 Å². The zero-order valence-electron chi connectivity index (χ0n) is 42.3. The van der Waals surface area contributed by atoms with Crippen LogP contribution in [0.4, 0.5) is 22.7 Å². The summed E-state index contributed by atoms with van der Waals surface area (Å²) in [6.07, 6.45) is 6.71. The topological polar surface area (TPSA) is 78.0 Å². The summed E-state index contributed by atoms with van der Waals surface area (Å²) in [6, 6.07) is 37.8. The van der Waals surface area contributed by atoms with Crippen molar-refractivity contribution < 1.29 is 19.2 Å². The molecule has 4 aliphatic carbocycles. The lowest BCUT2D eigenvalue weighted by Crippen LogP contribution is -2.44. The van der Waals surface area contributed by atoms with Gasteiger partial charge in [0.2, 0.25) is 0 Å². The summed E-state index contributed by atoms with van der Waals surface area (Å²) in [5.74, 6) is -0.379. The summed E-state index contributed by atoms with van der Waals surface area (Å²) in [7, 11) is 0. The number of ketones is 4. The summed E-state index contributed by atoms with van der Waals surface area (Å²) >= 11 is 0. The highest BCUT2D eigenvalue weighted by Crippen LogP contribution is 2.58. The van der Waals surface area contributed by atoms with Crippen LogP contribution in [0.25, 0.3) is 0 Å². The van der Waals surface area contributed by atoms with Gasteiger partial charge in [0.1, 0.15) is 0 Å². The largest absolute Gasteiger partial charge is 0.341 e. The van der Waals surface area contributed by atoms with Crippen molar-refractivity contribution in [3.8, 4) is 0 Å². The molecule has 69 heavy (non-hydrogen) atoms. The molecule has 7 heteroatoms. The molecule has 7 nitrogen and oxygen atoms in total. The van der Waals surface area contributed by atoms with E-state index in [9.17, 15) is 19.2 Å². The van der Waals surface area contributed by atoms with E-state index in [-0.39, 0.29) is 44.8 Å². The Morgan fingerprint density at radius 2 is 0.710 bits per heavy atom. The molecule has 0 radical (unpaired) electrons. The van der Waals surface area contributed by atoms with E-state index in [0.29, 0.717) is 25.7 Å². The maximum atomic E-state index is 14.6. The number of allylic oxidation sites excluding steroid dienone is 8. The minimum atomic E-state index is -0.438. The molecule has 0 fully saturated rings. The number of para-hydroxylation sites is 2. The highest BCUT2D eigenvalue weighted by Gasteiger charge is 2.51. The molecule has 4 aromatic carbocycles. The summed E-state index contributed by atoms with van der Waals surface area (Å²) in [4.78, 5) is 65.3. The highest BCUT2D eigenvalue weighted by molar-refractivity contribution is 6.09. The Bertz CT molecular complexity index is 2590. The predicted molar refractivity (Wildman–Crippen MR) is 278 cm³/mol. The summed E-state index contributed by atoms with van der Waals surface area (Å²) in [5, 5.41) is 0. The lowest BCUT2D eigenvalue weighted by Gasteiger charge is -2.49. The Hall–Kier alpha value is -6.08. The van der Waals surface area contributed by atoms with E-state index < -0.39 is 11.8 Å². The van der Waals surface area contributed by atoms with Gasteiger partial charge in [-0.1, -0.05) is 129 Å². The Balaban J connectivity index is 1.05. The van der Waals surface area contributed by atoms with Gasteiger partial charge in [-0.2, -0.15) is 0 Å². The van der Waals surface area contributed by atoms with E-state index in [0.717, 1.165) is 124 Å². The first kappa shape index (κ1) is 46.6. The van der Waals surface area contributed by atoms with Crippen LogP contribution < -0.4 is 14.7 Å². The SMILES string of the molecule is CCCCN(c1ccc(C2C3=C(CC(C)(C)CC3=O)N(c3ccccc3)C3=C2C(=O)CC(C)(C)C3)cc1)c1ccc(C2C3=C(CC(C)(C)CC3=O)N(c3ccccc3)C3=C2C(=O)CC(C)(C)C3)cc1. The molecule has 0 saturated carbocycles. The first-order valence-electron chi connectivity index (χ1n) is 25.5. The molecular weight excluding hydrogens is 851 g/mol. The van der Waals surface area contributed by atoms with Gasteiger partial charge in [-0.15, -0.1) is 0 Å². The Morgan fingerprint density at radius 3 is 0.986 bits per heavy atom. The van der Waals surface area contributed by atoms with Gasteiger partial charge in [0.05, 0.1) is 0 Å². The van der Waals surface area contributed by atoms with Gasteiger partial charge in [0.25, 0.3) is 0 Å². The van der Waals surface area contributed by atoms with Crippen molar-refractivity contribution in [2.45, 2.75) is 138 Å². The lowest BCUT2D eigenvalue weighted by atomic mass is 9.63. The van der Waals surface area contributed by atoms with Gasteiger partial charge in [0.15, 0.2) is 23.1 Å². The van der Waals surface area contributed by atoms with Crippen LogP contribution in [-0.2, 0) is 19.2 Å². The zero-order valence-corrected chi connectivity index (χ0v) is 42.3. The summed E-state index contributed by atoms with van der Waals surface area (Å²) in [6.45, 7) is 20.5. The summed E-state index contributed by atoms with van der Waals surface area (Å²) < 4.78 is 0. The standard InChI is InChI=1S/C62H69N3O4/c1-10-11-30-63(41-26-22-39(23-27-41)53-55-45(31-59(2,3)35-49(55)66)64(43-18-14-12-15-19-43)46-32-60(4,5)36-50(67)56(46)53)42-28-24-40(25-29-42)54-57-47(33-61(6,7)37-51(57)68)65(44-20-16-13-17-21-44)48-34-62(8,9)38-52(69)58(48)54/h12-29,53-54H,10-11,30-38H2,1-9H3. The number of anilines is 4. The van der Waals surface area contributed by atoms with Crippen LogP contribution in [0, 0.1) is 21.7 Å². The molecule has 0 N–H and O–H groups in total. The molecule has 4 aromatic rings. The highest BCUT2D eigenvalue weighted by atomic mass is 16.1. The van der Waals surface area contributed by atoms with Gasteiger partial charge in [-0.3, -0.25) is 19.2 Å². The lowest BCUT2D eigenvalue weighted by molar-refractivity contribution is -0.120. The molecule has 0 aromatic heterocycles. The third-order valence-corrected chi connectivity index (χ3v) is 15.7. The molecule has 356 valence electrons. The Labute approximate surface area is 410 Å². The molecule has 0 atom stereocenters. The molecule has 0 amide bonds. The van der Waals surface area contributed by atoms with E-state index in [2.05, 4.69) is 150 Å². The number of carbonyl (C=O) groups excluding carboxylic acids is 4. The number of Topliss-reactive ketones (excluding diaryl/α,β-unsaturated/α-hetero) is 4. The van der Waals surface area contributed by atoms with Crippen LogP contribution in [0.2, 0.25) is 0 Å². The average molecular weight is 920 g/mol. The molecule has 0 bridgehead atoms. The monoisotopic (exact) mass is 920 g/mol. The second-order valence-electron chi connectivity index (χ2n) is 24.1. The van der Waals surface area contributed by atoms with Gasteiger partial charge in [0, 0.05) is 112 Å². The maximum Gasteiger partial charge on any atom is 0.162 e. The minimum absolute atomic E-state index is 0.124. The van der Waals surface area contributed by atoms with Crippen molar-refractivity contribution in [2.75, 3.05) is 21.2 Å². The zero-order chi connectivity index (χ0) is 48.8. The molecule has 2 heterocycles. The fourth-order valence-electron chi connectivity index (χ4n) is 12.8. The Morgan fingerprint density at radius 1 is 0.420 bits per heavy atom. The Kier molecular flexibility index (Phi) is 11.6. The van der Waals surface area contributed by atoms with Crippen LogP contribution in [-0.4, -0.2) is 29.7 Å². The smallest absolute Gasteiger partial charge is 0.162 e. The summed E-state index contributed by atoms with van der Waals surface area (Å²) in [5.41, 5.74) is 12.3. The second kappa shape index (κ2) is 17.1. The minimum Gasteiger partial charge on any atom is -0.341 e. The van der Waals surface area contributed by atoms with Gasteiger partial charge < -0.3 is 14.7 Å². The fraction of sp³-hybridized carbons (Fsp3) is 0.419. The van der Waals surface area contributed by atoms with Gasteiger partial charge in [-0.05, 0) is 113 Å². The van der Waals surface area contributed by atoms with Crippen molar-refractivity contribution in [3.63, 3.8) is 0 Å². The van der Waals surface area contributed by atoms with Crippen molar-refractivity contribution in [1.82, 2.24) is 0 Å². The predicted octanol–water partition coefficient (Wildman–Crippen LogP) is 14.4.